The number of fused-ring (bicyclic) bond motifs is 2. The minimum absolute atomic E-state index is 0.363. The number of piperazine rings is 1. The van der Waals surface area contributed by atoms with Gasteiger partial charge in [-0.2, -0.15) is 4.98 Å². The Balaban J connectivity index is 1.37. The molecule has 3 saturated heterocycles. The summed E-state index contributed by atoms with van der Waals surface area (Å²) in [5.41, 5.74) is 2.60. The van der Waals surface area contributed by atoms with E-state index in [0.717, 1.165) is 29.8 Å². The van der Waals surface area contributed by atoms with Crippen LogP contribution in [0.4, 0.5) is 28.8 Å². The van der Waals surface area contributed by atoms with Crippen molar-refractivity contribution in [3.8, 4) is 5.75 Å². The minimum atomic E-state index is -2.49. The third-order valence-electron chi connectivity index (χ3n) is 6.20. The Kier molecular flexibility index (Phi) is 6.15. The van der Waals surface area contributed by atoms with Crippen molar-refractivity contribution in [3.63, 3.8) is 0 Å². The van der Waals surface area contributed by atoms with Gasteiger partial charge in [-0.15, -0.1) is 0 Å². The maximum absolute atomic E-state index is 12.7. The molecule has 2 aromatic carbocycles. The summed E-state index contributed by atoms with van der Waals surface area (Å²) >= 11 is 6.38. The molecule has 6 rings (SSSR count). The molecular formula is C24H28ClN6O2P. The Morgan fingerprint density at radius 1 is 1.12 bits per heavy atom. The zero-order valence-electron chi connectivity index (χ0n) is 19.4. The van der Waals surface area contributed by atoms with Crippen LogP contribution in [0.5, 0.6) is 5.75 Å². The molecule has 0 saturated carbocycles. The first kappa shape index (κ1) is 23.0. The van der Waals surface area contributed by atoms with Crippen LogP contribution in [0.1, 0.15) is 6.42 Å². The van der Waals surface area contributed by atoms with Gasteiger partial charge in [0.25, 0.3) is 0 Å². The fourth-order valence-corrected chi connectivity index (χ4v) is 5.81. The summed E-state index contributed by atoms with van der Waals surface area (Å²) in [5, 5.41) is 11.1. The van der Waals surface area contributed by atoms with Crippen LogP contribution in [0, 0.1) is 0 Å². The summed E-state index contributed by atoms with van der Waals surface area (Å²) in [6, 6.07) is 14.7. The van der Waals surface area contributed by atoms with Gasteiger partial charge in [0.1, 0.15) is 17.9 Å². The first-order valence-electron chi connectivity index (χ1n) is 11.2. The number of aromatic nitrogens is 2. The van der Waals surface area contributed by atoms with E-state index in [2.05, 4.69) is 36.9 Å². The average molecular weight is 499 g/mol. The Morgan fingerprint density at radius 3 is 2.56 bits per heavy atom. The zero-order chi connectivity index (χ0) is 23.9. The van der Waals surface area contributed by atoms with Gasteiger partial charge in [-0.1, -0.05) is 23.7 Å². The number of benzene rings is 2. The summed E-state index contributed by atoms with van der Waals surface area (Å²) < 4.78 is 18.4. The van der Waals surface area contributed by atoms with Crippen LogP contribution in [0.3, 0.4) is 0 Å². The molecule has 34 heavy (non-hydrogen) atoms. The summed E-state index contributed by atoms with van der Waals surface area (Å²) in [6.07, 6.45) is 2.79. The number of nitrogens with one attached hydrogen (secondary N) is 3. The van der Waals surface area contributed by atoms with Gasteiger partial charge in [-0.3, -0.25) is 0 Å². The maximum Gasteiger partial charge on any atom is 0.229 e. The van der Waals surface area contributed by atoms with Gasteiger partial charge >= 0.3 is 0 Å². The van der Waals surface area contributed by atoms with Crippen LogP contribution in [0.2, 0.25) is 5.02 Å². The van der Waals surface area contributed by atoms with Crippen LogP contribution < -0.4 is 30.9 Å². The lowest BCUT2D eigenvalue weighted by molar-refractivity contribution is 0.226. The van der Waals surface area contributed by atoms with Crippen LogP contribution in [0.15, 0.2) is 48.7 Å². The van der Waals surface area contributed by atoms with Crippen LogP contribution >= 0.6 is 18.7 Å². The fourth-order valence-electron chi connectivity index (χ4n) is 4.52. The highest BCUT2D eigenvalue weighted by Gasteiger charge is 2.36. The number of halogens is 1. The lowest BCUT2D eigenvalue weighted by atomic mass is 9.91. The molecule has 3 N–H and O–H groups in total. The van der Waals surface area contributed by atoms with Crippen molar-refractivity contribution >= 4 is 52.9 Å². The molecule has 8 nitrogen and oxygen atoms in total. The number of nitrogens with zero attached hydrogens (tertiary/aromatic N) is 3. The maximum atomic E-state index is 12.7. The molecular weight excluding hydrogens is 471 g/mol. The molecule has 1 aromatic heterocycles. The average Bonchev–Trinajstić information content (AvgIpc) is 2.81. The molecule has 10 heteroatoms. The molecule has 0 spiro atoms. The van der Waals surface area contributed by atoms with Crippen molar-refractivity contribution in [3.05, 3.63) is 53.7 Å². The highest BCUT2D eigenvalue weighted by Crippen LogP contribution is 2.39. The molecule has 0 radical (unpaired) electrons. The van der Waals surface area contributed by atoms with Gasteiger partial charge in [-0.05, 0) is 44.0 Å². The van der Waals surface area contributed by atoms with Crippen LogP contribution in [0.25, 0.3) is 0 Å². The SMILES string of the molecule is COc1cc(N2CC3CC(C2)N3)ccc1Nc1ncc(Cl)c(Nc2ccccc2P(C)(C)=O)n1. The molecule has 0 amide bonds. The highest BCUT2D eigenvalue weighted by atomic mass is 35.5. The van der Waals surface area contributed by atoms with Gasteiger partial charge in [0.05, 0.1) is 24.7 Å². The first-order valence-corrected chi connectivity index (χ1v) is 14.2. The van der Waals surface area contributed by atoms with Crippen molar-refractivity contribution in [2.24, 2.45) is 0 Å². The van der Waals surface area contributed by atoms with E-state index in [0.29, 0.717) is 40.3 Å². The van der Waals surface area contributed by atoms with Crippen LogP contribution in [-0.4, -0.2) is 55.6 Å². The third-order valence-corrected chi connectivity index (χ3v) is 8.03. The van der Waals surface area contributed by atoms with Gasteiger partial charge in [-0.25, -0.2) is 4.98 Å². The summed E-state index contributed by atoms with van der Waals surface area (Å²) in [5.74, 6) is 1.51. The number of anilines is 5. The minimum Gasteiger partial charge on any atom is -0.494 e. The number of hydrogen-bond donors (Lipinski definition) is 3. The Morgan fingerprint density at radius 2 is 1.85 bits per heavy atom. The summed E-state index contributed by atoms with van der Waals surface area (Å²) in [7, 11) is -0.839. The Labute approximate surface area is 204 Å². The predicted molar refractivity (Wildman–Crippen MR) is 140 cm³/mol. The second kappa shape index (κ2) is 9.10. The van der Waals surface area contributed by atoms with Crippen molar-refractivity contribution in [2.45, 2.75) is 18.5 Å². The number of hydrogen-bond acceptors (Lipinski definition) is 8. The fraction of sp³-hybridized carbons (Fsp3) is 0.333. The smallest absolute Gasteiger partial charge is 0.229 e. The molecule has 3 aliphatic rings. The molecule has 3 fully saturated rings. The highest BCUT2D eigenvalue weighted by molar-refractivity contribution is 7.70. The molecule has 3 aliphatic heterocycles. The molecule has 0 aliphatic carbocycles. The molecule has 3 aromatic rings. The van der Waals surface area contributed by atoms with E-state index in [1.54, 1.807) is 20.4 Å². The molecule has 2 bridgehead atoms. The quantitative estimate of drug-likeness (QED) is 0.412. The van der Waals surface area contributed by atoms with Crippen molar-refractivity contribution in [2.75, 3.05) is 49.1 Å². The van der Waals surface area contributed by atoms with E-state index in [1.165, 1.54) is 12.6 Å². The summed E-state index contributed by atoms with van der Waals surface area (Å²) in [6.45, 7) is 5.49. The third kappa shape index (κ3) is 4.71. The molecule has 178 valence electrons. The number of para-hydroxylation sites is 1. The molecule has 2 atom stereocenters. The topological polar surface area (TPSA) is 91.4 Å². The van der Waals surface area contributed by atoms with Crippen molar-refractivity contribution in [1.29, 1.82) is 0 Å². The van der Waals surface area contributed by atoms with E-state index in [-0.39, 0.29) is 0 Å². The largest absolute Gasteiger partial charge is 0.494 e. The van der Waals surface area contributed by atoms with Gasteiger partial charge in [0.2, 0.25) is 5.95 Å². The second-order valence-corrected chi connectivity index (χ2v) is 12.7. The van der Waals surface area contributed by atoms with Crippen molar-refractivity contribution in [1.82, 2.24) is 15.3 Å². The van der Waals surface area contributed by atoms with Crippen LogP contribution in [-0.2, 0) is 4.57 Å². The summed E-state index contributed by atoms with van der Waals surface area (Å²) in [4.78, 5) is 11.3. The van der Waals surface area contributed by atoms with E-state index in [4.69, 9.17) is 16.3 Å². The number of rotatable bonds is 7. The normalized spacial score (nSPS) is 19.4. The van der Waals surface area contributed by atoms with E-state index < -0.39 is 7.14 Å². The van der Waals surface area contributed by atoms with Gasteiger partial charge in [0, 0.05) is 42.2 Å². The Hall–Kier alpha value is -2.80. The van der Waals surface area contributed by atoms with E-state index in [1.807, 2.05) is 36.4 Å². The zero-order valence-corrected chi connectivity index (χ0v) is 21.0. The standard InChI is InChI=1S/C24H28ClN6O2P/c1-33-21-11-17(31-13-15-10-16(14-31)27-15)8-9-19(21)29-24-26-12-18(25)23(30-24)28-20-6-4-5-7-22(20)34(2,3)32/h4-9,11-12,15-16,27H,10,13-14H2,1-3H3,(H2,26,28,29,30). The lowest BCUT2D eigenvalue weighted by Gasteiger charge is -2.49. The van der Waals surface area contributed by atoms with Gasteiger partial charge in [0.15, 0.2) is 5.82 Å². The van der Waals surface area contributed by atoms with E-state index in [9.17, 15) is 4.57 Å². The van der Waals surface area contributed by atoms with E-state index >= 15 is 0 Å². The molecule has 2 unspecified atom stereocenters. The predicted octanol–water partition coefficient (Wildman–Crippen LogP) is 4.42. The van der Waals surface area contributed by atoms with Crippen molar-refractivity contribution < 1.29 is 9.30 Å². The monoisotopic (exact) mass is 498 g/mol. The Bertz CT molecular complexity index is 1250. The molecule has 4 heterocycles. The first-order chi connectivity index (χ1) is 16.3. The second-order valence-electron chi connectivity index (χ2n) is 9.09. The van der Waals surface area contributed by atoms with Gasteiger partial charge < -0.3 is 30.2 Å². The number of piperidine rings is 1. The number of ether oxygens (including phenoxy) is 1. The lowest BCUT2D eigenvalue weighted by Crippen LogP contribution is -2.67. The number of methoxy groups -OCH3 is 1.